The monoisotopic (exact) mass is 333 g/mol. The van der Waals surface area contributed by atoms with Crippen molar-refractivity contribution in [2.24, 2.45) is 0 Å². The third kappa shape index (κ3) is 3.22. The van der Waals surface area contributed by atoms with Crippen LogP contribution in [0.4, 0.5) is 0 Å². The van der Waals surface area contributed by atoms with Crippen molar-refractivity contribution in [3.05, 3.63) is 65.5 Å². The van der Waals surface area contributed by atoms with Crippen molar-refractivity contribution < 1.29 is 4.74 Å². The molecule has 0 saturated heterocycles. The van der Waals surface area contributed by atoms with Crippen molar-refractivity contribution in [1.29, 1.82) is 0 Å². The Labute approximate surface area is 148 Å². The number of rotatable bonds is 3. The molecule has 0 spiro atoms. The predicted octanol–water partition coefficient (Wildman–Crippen LogP) is 3.80. The van der Waals surface area contributed by atoms with Crippen LogP contribution in [0.1, 0.15) is 29.7 Å². The summed E-state index contributed by atoms with van der Waals surface area (Å²) >= 11 is 0. The van der Waals surface area contributed by atoms with Crippen LogP contribution in [0.3, 0.4) is 0 Å². The van der Waals surface area contributed by atoms with Crippen LogP contribution in [-0.2, 0) is 12.8 Å². The molecule has 0 aliphatic carbocycles. The highest BCUT2D eigenvalue weighted by Gasteiger charge is 2.20. The van der Waals surface area contributed by atoms with E-state index in [1.807, 2.05) is 0 Å². The molecular weight excluding hydrogens is 310 g/mol. The molecule has 128 valence electrons. The maximum absolute atomic E-state index is 5.38. The van der Waals surface area contributed by atoms with Crippen LogP contribution < -0.4 is 4.74 Å². The zero-order valence-electron chi connectivity index (χ0n) is 14.8. The minimum atomic E-state index is 0.364. The van der Waals surface area contributed by atoms with Gasteiger partial charge < -0.3 is 4.74 Å². The average molecular weight is 333 g/mol. The lowest BCUT2D eigenvalue weighted by Gasteiger charge is -2.28. The summed E-state index contributed by atoms with van der Waals surface area (Å²) in [4.78, 5) is 11.4. The van der Waals surface area contributed by atoms with E-state index < -0.39 is 0 Å². The lowest BCUT2D eigenvalue weighted by Crippen LogP contribution is -2.29. The number of benzene rings is 2. The number of hydrogen-bond donors (Lipinski definition) is 0. The molecule has 1 aliphatic rings. The second-order valence-electron chi connectivity index (χ2n) is 6.65. The van der Waals surface area contributed by atoms with Crippen molar-refractivity contribution in [3.8, 4) is 5.75 Å². The molecule has 0 bridgehead atoms. The average Bonchev–Trinajstić information content (AvgIpc) is 2.89. The van der Waals surface area contributed by atoms with E-state index in [1.54, 1.807) is 19.5 Å². The fraction of sp³-hybridized carbons (Fsp3) is 0.333. The minimum Gasteiger partial charge on any atom is -0.497 e. The highest BCUT2D eigenvalue weighted by molar-refractivity contribution is 5.74. The summed E-state index contributed by atoms with van der Waals surface area (Å²) in [6.07, 6.45) is 5.64. The highest BCUT2D eigenvalue weighted by Crippen LogP contribution is 2.27. The molecule has 0 radical (unpaired) electrons. The molecule has 2 heterocycles. The summed E-state index contributed by atoms with van der Waals surface area (Å²) in [6.45, 7) is 4.41. The fourth-order valence-electron chi connectivity index (χ4n) is 3.68. The molecular formula is C21H23N3O. The molecule has 0 saturated carbocycles. The van der Waals surface area contributed by atoms with Crippen molar-refractivity contribution in [2.75, 3.05) is 20.2 Å². The second-order valence-corrected chi connectivity index (χ2v) is 6.65. The van der Waals surface area contributed by atoms with Gasteiger partial charge >= 0.3 is 0 Å². The molecule has 1 atom stereocenters. The van der Waals surface area contributed by atoms with Gasteiger partial charge in [-0.2, -0.15) is 0 Å². The molecule has 0 fully saturated rings. The summed E-state index contributed by atoms with van der Waals surface area (Å²) in [5.74, 6) is 0.952. The van der Waals surface area contributed by atoms with E-state index in [0.717, 1.165) is 42.7 Å². The van der Waals surface area contributed by atoms with Gasteiger partial charge in [-0.25, -0.2) is 0 Å². The topological polar surface area (TPSA) is 38.2 Å². The van der Waals surface area contributed by atoms with Crippen LogP contribution in [0, 0.1) is 0 Å². The Bertz CT molecular complexity index is 893. The smallest absolute Gasteiger partial charge is 0.119 e. The third-order valence-corrected chi connectivity index (χ3v) is 5.27. The van der Waals surface area contributed by atoms with E-state index in [-0.39, 0.29) is 0 Å². The summed E-state index contributed by atoms with van der Waals surface area (Å²) in [5.41, 5.74) is 6.08. The highest BCUT2D eigenvalue weighted by atomic mass is 16.5. The van der Waals surface area contributed by atoms with E-state index in [1.165, 1.54) is 16.7 Å². The fourth-order valence-corrected chi connectivity index (χ4v) is 3.68. The van der Waals surface area contributed by atoms with E-state index in [4.69, 9.17) is 4.74 Å². The van der Waals surface area contributed by atoms with Crippen molar-refractivity contribution in [1.82, 2.24) is 14.9 Å². The first-order valence-corrected chi connectivity index (χ1v) is 8.85. The molecule has 3 aromatic rings. The van der Waals surface area contributed by atoms with Crippen LogP contribution in [0.15, 0.2) is 48.8 Å². The first-order chi connectivity index (χ1) is 12.2. The number of aromatic nitrogens is 2. The molecule has 1 aliphatic heterocycles. The number of fused-ring (bicyclic) bond motifs is 2. The van der Waals surface area contributed by atoms with Crippen LogP contribution in [0.25, 0.3) is 11.0 Å². The van der Waals surface area contributed by atoms with E-state index in [9.17, 15) is 0 Å². The molecule has 0 amide bonds. The summed E-state index contributed by atoms with van der Waals surface area (Å²) < 4.78 is 5.38. The maximum Gasteiger partial charge on any atom is 0.119 e. The van der Waals surface area contributed by atoms with E-state index in [0.29, 0.717) is 6.04 Å². The molecule has 2 aromatic carbocycles. The van der Waals surface area contributed by atoms with Crippen molar-refractivity contribution in [2.45, 2.75) is 25.8 Å². The minimum absolute atomic E-state index is 0.364. The molecule has 0 unspecified atom stereocenters. The SMILES string of the molecule is COc1ccc2c(c1)CCN([C@@H](C)c1ccc3nccnc3c1)CC2. The van der Waals surface area contributed by atoms with Crippen LogP contribution >= 0.6 is 0 Å². The Kier molecular flexibility index (Phi) is 4.36. The third-order valence-electron chi connectivity index (χ3n) is 5.27. The standard InChI is InChI=1S/C21H23N3O/c1-15(17-4-6-20-21(14-17)23-10-9-22-20)24-11-7-16-3-5-19(25-2)13-18(16)8-12-24/h3-6,9-10,13-15H,7-8,11-12H2,1-2H3/t15-/m0/s1. The summed E-state index contributed by atoms with van der Waals surface area (Å²) in [6, 6.07) is 13.3. The van der Waals surface area contributed by atoms with Crippen molar-refractivity contribution >= 4 is 11.0 Å². The van der Waals surface area contributed by atoms with Gasteiger partial charge in [-0.3, -0.25) is 14.9 Å². The van der Waals surface area contributed by atoms with E-state index in [2.05, 4.69) is 58.2 Å². The summed E-state index contributed by atoms with van der Waals surface area (Å²) in [5, 5.41) is 0. The Morgan fingerprint density at radius 3 is 2.48 bits per heavy atom. The lowest BCUT2D eigenvalue weighted by atomic mass is 10.0. The normalized spacial score (nSPS) is 16.2. The van der Waals surface area contributed by atoms with E-state index >= 15 is 0 Å². The van der Waals surface area contributed by atoms with Gasteiger partial charge in [0.2, 0.25) is 0 Å². The zero-order valence-corrected chi connectivity index (χ0v) is 14.8. The molecule has 1 aromatic heterocycles. The quantitative estimate of drug-likeness (QED) is 0.731. The molecule has 4 rings (SSSR count). The van der Waals surface area contributed by atoms with Crippen molar-refractivity contribution in [3.63, 3.8) is 0 Å². The first-order valence-electron chi connectivity index (χ1n) is 8.85. The second kappa shape index (κ2) is 6.81. The Balaban J connectivity index is 1.55. The Hall–Kier alpha value is -2.46. The van der Waals surface area contributed by atoms with Gasteiger partial charge in [0.25, 0.3) is 0 Å². The van der Waals surface area contributed by atoms with Gasteiger partial charge in [-0.1, -0.05) is 12.1 Å². The Morgan fingerprint density at radius 2 is 1.68 bits per heavy atom. The molecule has 0 N–H and O–H groups in total. The number of ether oxygens (including phenoxy) is 1. The number of nitrogens with zero attached hydrogens (tertiary/aromatic N) is 3. The lowest BCUT2D eigenvalue weighted by molar-refractivity contribution is 0.221. The Morgan fingerprint density at radius 1 is 0.920 bits per heavy atom. The molecule has 4 nitrogen and oxygen atoms in total. The van der Waals surface area contributed by atoms with Gasteiger partial charge in [0.15, 0.2) is 0 Å². The van der Waals surface area contributed by atoms with Crippen LogP contribution in [-0.4, -0.2) is 35.1 Å². The molecule has 4 heteroatoms. The van der Waals surface area contributed by atoms with Gasteiger partial charge in [-0.05, 0) is 60.7 Å². The molecule has 25 heavy (non-hydrogen) atoms. The van der Waals surface area contributed by atoms with Crippen LogP contribution in [0.5, 0.6) is 5.75 Å². The maximum atomic E-state index is 5.38. The first kappa shape index (κ1) is 16.0. The number of hydrogen-bond acceptors (Lipinski definition) is 4. The van der Waals surface area contributed by atoms with Gasteiger partial charge in [0, 0.05) is 31.5 Å². The zero-order chi connectivity index (χ0) is 17.2. The predicted molar refractivity (Wildman–Crippen MR) is 99.9 cm³/mol. The largest absolute Gasteiger partial charge is 0.497 e. The number of methoxy groups -OCH3 is 1. The van der Waals surface area contributed by atoms with Gasteiger partial charge in [0.05, 0.1) is 18.1 Å². The van der Waals surface area contributed by atoms with Gasteiger partial charge in [-0.15, -0.1) is 0 Å². The summed E-state index contributed by atoms with van der Waals surface area (Å²) in [7, 11) is 1.73. The van der Waals surface area contributed by atoms with Crippen LogP contribution in [0.2, 0.25) is 0 Å². The van der Waals surface area contributed by atoms with Gasteiger partial charge in [0.1, 0.15) is 5.75 Å².